The average Bonchev–Trinajstić information content (AvgIpc) is 2.72. The minimum absolute atomic E-state index is 0.303. The molecule has 0 spiro atoms. The number of carbonyl (C=O) groups excluding carboxylic acids is 2. The van der Waals surface area contributed by atoms with Crippen molar-refractivity contribution in [1.82, 2.24) is 0 Å². The second-order valence-electron chi connectivity index (χ2n) is 5.97. The lowest BCUT2D eigenvalue weighted by molar-refractivity contribution is -0.147. The third-order valence-electron chi connectivity index (χ3n) is 4.11. The quantitative estimate of drug-likeness (QED) is 0.168. The maximum atomic E-state index is 13.1. The normalized spacial score (nSPS) is 11.0. The SMILES string of the molecule is CCCCCOC(=O)C(CCCC)C(=O)c1c(OC)cccc1OC.O=[PH2+]. The minimum atomic E-state index is -0.827. The summed E-state index contributed by atoms with van der Waals surface area (Å²) in [5.41, 5.74) is 0.305. The van der Waals surface area contributed by atoms with Crippen LogP contribution in [0.3, 0.4) is 0 Å². The lowest BCUT2D eigenvalue weighted by Gasteiger charge is -2.18. The number of ketones is 1. The molecular weight excluding hydrogens is 367 g/mol. The highest BCUT2D eigenvalue weighted by atomic mass is 31.0. The van der Waals surface area contributed by atoms with Crippen molar-refractivity contribution in [3.8, 4) is 11.5 Å². The molecule has 2 atom stereocenters. The summed E-state index contributed by atoms with van der Waals surface area (Å²) in [5.74, 6) is -0.771. The highest BCUT2D eigenvalue weighted by Gasteiger charge is 2.32. The maximum absolute atomic E-state index is 13.1. The molecule has 0 N–H and O–H groups in total. The zero-order chi connectivity index (χ0) is 20.7. The van der Waals surface area contributed by atoms with Crippen LogP contribution in [0.15, 0.2) is 18.2 Å². The van der Waals surface area contributed by atoms with Gasteiger partial charge in [-0.15, -0.1) is 0 Å². The molecule has 0 aliphatic heterocycles. The zero-order valence-electron chi connectivity index (χ0n) is 16.8. The average molecular weight is 399 g/mol. The number of unbranched alkanes of at least 4 members (excludes halogenated alkanes) is 3. The Balaban J connectivity index is 0.00000326. The summed E-state index contributed by atoms with van der Waals surface area (Å²) in [6, 6.07) is 5.14. The molecule has 0 saturated carbocycles. The van der Waals surface area contributed by atoms with Gasteiger partial charge in [-0.3, -0.25) is 9.59 Å². The summed E-state index contributed by atoms with van der Waals surface area (Å²) in [4.78, 5) is 25.6. The van der Waals surface area contributed by atoms with Gasteiger partial charge in [-0.05, 0) is 25.0 Å². The third kappa shape index (κ3) is 8.08. The highest BCUT2D eigenvalue weighted by Crippen LogP contribution is 2.32. The topological polar surface area (TPSA) is 78.9 Å². The van der Waals surface area contributed by atoms with E-state index in [-0.39, 0.29) is 5.78 Å². The van der Waals surface area contributed by atoms with Crippen molar-refractivity contribution in [2.24, 2.45) is 5.92 Å². The van der Waals surface area contributed by atoms with Gasteiger partial charge >= 0.3 is 15.1 Å². The molecule has 7 heteroatoms. The van der Waals surface area contributed by atoms with Gasteiger partial charge in [0, 0.05) is 0 Å². The lowest BCUT2D eigenvalue weighted by Crippen LogP contribution is -2.27. The summed E-state index contributed by atoms with van der Waals surface area (Å²) in [7, 11) is 4.16. The molecule has 1 rings (SSSR count). The highest BCUT2D eigenvalue weighted by molar-refractivity contribution is 7.00. The Hall–Kier alpha value is -1.94. The van der Waals surface area contributed by atoms with Gasteiger partial charge in [0.2, 0.25) is 0 Å². The van der Waals surface area contributed by atoms with E-state index >= 15 is 0 Å². The first-order chi connectivity index (χ1) is 13.1. The van der Waals surface area contributed by atoms with Crippen LogP contribution in [0, 0.1) is 5.92 Å². The van der Waals surface area contributed by atoms with Gasteiger partial charge in [-0.25, -0.2) is 0 Å². The summed E-state index contributed by atoms with van der Waals surface area (Å²) in [5, 5.41) is 0. The molecule has 0 saturated heterocycles. The monoisotopic (exact) mass is 399 g/mol. The molecule has 0 aliphatic rings. The second-order valence-corrected chi connectivity index (χ2v) is 5.97. The van der Waals surface area contributed by atoms with Crippen molar-refractivity contribution in [2.45, 2.75) is 52.4 Å². The first-order valence-electron chi connectivity index (χ1n) is 9.26. The van der Waals surface area contributed by atoms with E-state index in [1.807, 2.05) is 6.92 Å². The molecule has 1 aromatic rings. The van der Waals surface area contributed by atoms with E-state index in [9.17, 15) is 9.59 Å². The largest absolute Gasteiger partial charge is 0.496 e. The zero-order valence-corrected chi connectivity index (χ0v) is 17.9. The van der Waals surface area contributed by atoms with Crippen LogP contribution in [-0.4, -0.2) is 32.6 Å². The maximum Gasteiger partial charge on any atom is 0.316 e. The smallest absolute Gasteiger partial charge is 0.316 e. The number of esters is 1. The minimum Gasteiger partial charge on any atom is -0.496 e. The Morgan fingerprint density at radius 3 is 2.00 bits per heavy atom. The van der Waals surface area contributed by atoms with Crippen LogP contribution in [0.25, 0.3) is 0 Å². The van der Waals surface area contributed by atoms with Crippen molar-refractivity contribution in [3.05, 3.63) is 23.8 Å². The Morgan fingerprint density at radius 1 is 0.963 bits per heavy atom. The van der Waals surface area contributed by atoms with E-state index in [0.717, 1.165) is 32.1 Å². The van der Waals surface area contributed by atoms with E-state index in [0.29, 0.717) is 30.1 Å². The third-order valence-corrected chi connectivity index (χ3v) is 4.11. The van der Waals surface area contributed by atoms with Crippen molar-refractivity contribution >= 4 is 20.9 Å². The van der Waals surface area contributed by atoms with Crippen molar-refractivity contribution < 1.29 is 28.4 Å². The molecule has 1 aromatic carbocycles. The van der Waals surface area contributed by atoms with E-state index in [4.69, 9.17) is 18.8 Å². The molecule has 27 heavy (non-hydrogen) atoms. The molecule has 0 radical (unpaired) electrons. The molecule has 0 fully saturated rings. The second kappa shape index (κ2) is 15.2. The molecule has 0 aliphatic carbocycles. The van der Waals surface area contributed by atoms with Gasteiger partial charge < -0.3 is 14.2 Å². The van der Waals surface area contributed by atoms with E-state index in [2.05, 4.69) is 6.92 Å². The number of rotatable bonds is 12. The van der Waals surface area contributed by atoms with Crippen LogP contribution < -0.4 is 9.47 Å². The molecule has 0 aromatic heterocycles. The predicted molar refractivity (Wildman–Crippen MR) is 108 cm³/mol. The number of carbonyl (C=O) groups is 2. The number of hydrogen-bond donors (Lipinski definition) is 0. The van der Waals surface area contributed by atoms with Gasteiger partial charge in [-0.1, -0.05) is 50.2 Å². The first kappa shape index (κ1) is 25.1. The van der Waals surface area contributed by atoms with E-state index in [1.165, 1.54) is 23.3 Å². The summed E-state index contributed by atoms with van der Waals surface area (Å²) >= 11 is 0. The standard InChI is InChI=1S/C20H30O5.H2OP/c1-5-7-9-14-25-20(22)15(11-8-6-2)19(21)18-16(23-3)12-10-13-17(18)24-4;1-2/h10,12-13,15H,5-9,11,14H2,1-4H3;2H2/q;+1. The Morgan fingerprint density at radius 2 is 1.52 bits per heavy atom. The Kier molecular flexibility index (Phi) is 14.1. The van der Waals surface area contributed by atoms with Crippen LogP contribution >= 0.6 is 9.12 Å². The fourth-order valence-electron chi connectivity index (χ4n) is 2.66. The Labute approximate surface area is 164 Å². The molecule has 0 bridgehead atoms. The Bertz CT molecular complexity index is 553. The van der Waals surface area contributed by atoms with Gasteiger partial charge in [0.1, 0.15) is 23.0 Å². The van der Waals surface area contributed by atoms with Crippen LogP contribution in [0.4, 0.5) is 0 Å². The fourth-order valence-corrected chi connectivity index (χ4v) is 2.66. The van der Waals surface area contributed by atoms with Gasteiger partial charge in [0.05, 0.1) is 20.8 Å². The first-order valence-corrected chi connectivity index (χ1v) is 9.73. The van der Waals surface area contributed by atoms with Crippen molar-refractivity contribution in [3.63, 3.8) is 0 Å². The number of hydrogen-bond acceptors (Lipinski definition) is 6. The van der Waals surface area contributed by atoms with Crippen LogP contribution in [0.1, 0.15) is 62.7 Å². The van der Waals surface area contributed by atoms with Gasteiger partial charge in [0.15, 0.2) is 5.78 Å². The molecule has 0 heterocycles. The van der Waals surface area contributed by atoms with Crippen molar-refractivity contribution in [2.75, 3.05) is 20.8 Å². The van der Waals surface area contributed by atoms with Gasteiger partial charge in [0.25, 0.3) is 0 Å². The van der Waals surface area contributed by atoms with Gasteiger partial charge in [-0.2, -0.15) is 0 Å². The fraction of sp³-hybridized carbons (Fsp3) is 0.600. The number of benzene rings is 1. The van der Waals surface area contributed by atoms with Crippen LogP contribution in [0.2, 0.25) is 0 Å². The summed E-state index contributed by atoms with van der Waals surface area (Å²) in [6.07, 6.45) is 5.00. The molecular formula is C20H32O6P+. The predicted octanol–water partition coefficient (Wildman–Crippen LogP) is 4.63. The summed E-state index contributed by atoms with van der Waals surface area (Å²) in [6.45, 7) is 4.47. The molecule has 2 unspecified atom stereocenters. The summed E-state index contributed by atoms with van der Waals surface area (Å²) < 4.78 is 24.1. The number of methoxy groups -OCH3 is 2. The van der Waals surface area contributed by atoms with Crippen LogP contribution in [0.5, 0.6) is 11.5 Å². The molecule has 6 nitrogen and oxygen atoms in total. The lowest BCUT2D eigenvalue weighted by atomic mass is 9.91. The molecule has 0 amide bonds. The van der Waals surface area contributed by atoms with Crippen molar-refractivity contribution in [1.29, 1.82) is 0 Å². The number of Topliss-reactive ketones (excluding diaryl/α,β-unsaturated/α-hetero) is 1. The number of ether oxygens (including phenoxy) is 3. The van der Waals surface area contributed by atoms with E-state index in [1.54, 1.807) is 18.2 Å². The molecule has 152 valence electrons. The van der Waals surface area contributed by atoms with E-state index < -0.39 is 11.9 Å². The van der Waals surface area contributed by atoms with Crippen LogP contribution in [-0.2, 0) is 14.1 Å².